The average molecular weight is 393 g/mol. The third kappa shape index (κ3) is 3.52. The Morgan fingerprint density at radius 3 is 2.75 bits per heavy atom. The van der Waals surface area contributed by atoms with Crippen molar-refractivity contribution in [2.24, 2.45) is 0 Å². The van der Waals surface area contributed by atoms with E-state index in [1.807, 2.05) is 24.3 Å². The van der Waals surface area contributed by atoms with E-state index in [1.165, 1.54) is 23.9 Å². The molecule has 0 bridgehead atoms. The quantitative estimate of drug-likeness (QED) is 0.297. The first kappa shape index (κ1) is 17.9. The molecule has 1 atom stereocenters. The highest BCUT2D eigenvalue weighted by Crippen LogP contribution is 2.39. The van der Waals surface area contributed by atoms with Gasteiger partial charge < -0.3 is 10.1 Å². The van der Waals surface area contributed by atoms with Crippen LogP contribution in [-0.2, 0) is 0 Å². The summed E-state index contributed by atoms with van der Waals surface area (Å²) in [6.45, 7) is 3.69. The molecule has 3 aromatic rings. The zero-order valence-electron chi connectivity index (χ0n) is 14.6. The fraction of sp³-hybridized carbons (Fsp3) is 0.105. The average Bonchev–Trinajstić information content (AvgIpc) is 2.88. The molecule has 0 spiro atoms. The minimum atomic E-state index is -0.586. The lowest BCUT2D eigenvalue weighted by atomic mass is 10.1. The number of nitro groups is 1. The van der Waals surface area contributed by atoms with Crippen LogP contribution in [0.2, 0.25) is 0 Å². The molecule has 1 aromatic heterocycles. The molecule has 0 radical (unpaired) electrons. The number of hydrogen-bond donors (Lipinski definition) is 1. The zero-order valence-corrected chi connectivity index (χ0v) is 15.4. The highest BCUT2D eigenvalue weighted by Gasteiger charge is 2.26. The van der Waals surface area contributed by atoms with Crippen molar-refractivity contribution in [3.63, 3.8) is 0 Å². The Kier molecular flexibility index (Phi) is 4.90. The monoisotopic (exact) mass is 393 g/mol. The molecule has 140 valence electrons. The Balaban J connectivity index is 1.76. The van der Waals surface area contributed by atoms with Gasteiger partial charge in [-0.05, 0) is 18.2 Å². The summed E-state index contributed by atoms with van der Waals surface area (Å²) >= 11 is 1.41. The van der Waals surface area contributed by atoms with Gasteiger partial charge in [-0.15, -0.1) is 16.8 Å². The number of ether oxygens (including phenoxy) is 1. The van der Waals surface area contributed by atoms with Crippen LogP contribution >= 0.6 is 11.8 Å². The number of aromatic nitrogens is 3. The smallest absolute Gasteiger partial charge is 0.269 e. The lowest BCUT2D eigenvalue weighted by Crippen LogP contribution is -2.17. The number of benzene rings is 2. The van der Waals surface area contributed by atoms with Crippen molar-refractivity contribution >= 4 is 23.1 Å². The fourth-order valence-corrected chi connectivity index (χ4v) is 3.28. The minimum Gasteiger partial charge on any atom is -0.448 e. The number of nitro benzene ring substituents is 1. The van der Waals surface area contributed by atoms with Crippen LogP contribution in [0.5, 0.6) is 5.88 Å². The van der Waals surface area contributed by atoms with E-state index in [0.717, 1.165) is 16.8 Å². The zero-order chi connectivity index (χ0) is 19.5. The van der Waals surface area contributed by atoms with Crippen LogP contribution in [0.3, 0.4) is 0 Å². The normalized spacial score (nSPS) is 14.6. The second-order valence-electron chi connectivity index (χ2n) is 5.88. The van der Waals surface area contributed by atoms with Crippen LogP contribution < -0.4 is 10.1 Å². The molecule has 0 amide bonds. The van der Waals surface area contributed by atoms with Gasteiger partial charge in [0.2, 0.25) is 11.0 Å². The maximum atomic E-state index is 10.9. The summed E-state index contributed by atoms with van der Waals surface area (Å²) in [5.41, 5.74) is 2.92. The molecule has 8 nitrogen and oxygen atoms in total. The van der Waals surface area contributed by atoms with Gasteiger partial charge in [-0.25, -0.2) is 0 Å². The Bertz CT molecular complexity index is 1040. The maximum absolute atomic E-state index is 10.9. The highest BCUT2D eigenvalue weighted by molar-refractivity contribution is 7.99. The predicted octanol–water partition coefficient (Wildman–Crippen LogP) is 4.23. The third-order valence-corrected chi connectivity index (χ3v) is 4.90. The summed E-state index contributed by atoms with van der Waals surface area (Å²) in [6.07, 6.45) is 1.18. The number of nitrogens with zero attached hydrogens (tertiary/aromatic N) is 4. The molecule has 2 heterocycles. The molecule has 9 heteroatoms. The first-order chi connectivity index (χ1) is 13.7. The SMILES string of the molecule is C=CCSc1nnc2c(n1)O[C@@H](c1ccc([N+](=O)[O-])cc1)Nc1ccccc1-2. The standard InChI is InChI=1S/C19H15N5O3S/c1-2-11-28-19-21-18-16(22-23-19)14-5-3-4-6-15(14)20-17(27-18)12-7-9-13(10-8-12)24(25)26/h2-10,17,20H,1,11H2/t17-/m0/s1. The van der Waals surface area contributed by atoms with Gasteiger partial charge in [0.15, 0.2) is 11.9 Å². The molecule has 2 aromatic carbocycles. The summed E-state index contributed by atoms with van der Waals surface area (Å²) in [6, 6.07) is 13.8. The Labute approximate surface area is 164 Å². The molecule has 1 aliphatic rings. The van der Waals surface area contributed by atoms with Gasteiger partial charge in [-0.3, -0.25) is 10.1 Å². The van der Waals surface area contributed by atoms with Crippen molar-refractivity contribution in [1.29, 1.82) is 0 Å². The van der Waals surface area contributed by atoms with E-state index >= 15 is 0 Å². The van der Waals surface area contributed by atoms with Crippen LogP contribution in [0.4, 0.5) is 11.4 Å². The second-order valence-corrected chi connectivity index (χ2v) is 6.87. The fourth-order valence-electron chi connectivity index (χ4n) is 2.76. The lowest BCUT2D eigenvalue weighted by molar-refractivity contribution is -0.384. The summed E-state index contributed by atoms with van der Waals surface area (Å²) < 4.78 is 6.11. The van der Waals surface area contributed by atoms with Crippen molar-refractivity contribution < 1.29 is 9.66 Å². The summed E-state index contributed by atoms with van der Waals surface area (Å²) in [4.78, 5) is 15.0. The molecule has 0 saturated heterocycles. The van der Waals surface area contributed by atoms with Gasteiger partial charge in [0.25, 0.3) is 5.69 Å². The van der Waals surface area contributed by atoms with Crippen LogP contribution in [-0.4, -0.2) is 25.9 Å². The van der Waals surface area contributed by atoms with E-state index in [1.54, 1.807) is 18.2 Å². The van der Waals surface area contributed by atoms with Crippen molar-refractivity contribution in [2.45, 2.75) is 11.4 Å². The number of non-ortho nitro benzene ring substituents is 1. The molecule has 0 aliphatic carbocycles. The van der Waals surface area contributed by atoms with E-state index in [-0.39, 0.29) is 5.69 Å². The second kappa shape index (κ2) is 7.65. The van der Waals surface area contributed by atoms with Gasteiger partial charge in [0.1, 0.15) is 0 Å². The van der Waals surface area contributed by atoms with Crippen molar-refractivity contribution in [2.75, 3.05) is 11.1 Å². The number of anilines is 1. The Morgan fingerprint density at radius 2 is 2.00 bits per heavy atom. The number of thioether (sulfide) groups is 1. The topological polar surface area (TPSA) is 103 Å². The Hall–Kier alpha value is -3.46. The number of rotatable bonds is 5. The van der Waals surface area contributed by atoms with Crippen molar-refractivity contribution in [3.8, 4) is 17.1 Å². The van der Waals surface area contributed by atoms with Crippen LogP contribution in [0.1, 0.15) is 11.8 Å². The van der Waals surface area contributed by atoms with Crippen molar-refractivity contribution in [3.05, 3.63) is 76.9 Å². The van der Waals surface area contributed by atoms with E-state index in [9.17, 15) is 10.1 Å². The molecule has 1 aliphatic heterocycles. The molecular formula is C19H15N5O3S. The summed E-state index contributed by atoms with van der Waals surface area (Å²) in [5.74, 6) is 1.00. The van der Waals surface area contributed by atoms with Crippen LogP contribution in [0.25, 0.3) is 11.3 Å². The number of nitrogens with one attached hydrogen (secondary N) is 1. The first-order valence-corrected chi connectivity index (χ1v) is 9.39. The van der Waals surface area contributed by atoms with Gasteiger partial charge in [0, 0.05) is 34.7 Å². The molecule has 0 unspecified atom stereocenters. The minimum absolute atomic E-state index is 0.0188. The van der Waals surface area contributed by atoms with E-state index in [0.29, 0.717) is 22.5 Å². The van der Waals surface area contributed by atoms with E-state index < -0.39 is 11.2 Å². The predicted molar refractivity (Wildman–Crippen MR) is 106 cm³/mol. The first-order valence-electron chi connectivity index (χ1n) is 8.41. The van der Waals surface area contributed by atoms with Gasteiger partial charge >= 0.3 is 0 Å². The van der Waals surface area contributed by atoms with Gasteiger partial charge in [-0.1, -0.05) is 36.0 Å². The number of hydrogen-bond acceptors (Lipinski definition) is 8. The van der Waals surface area contributed by atoms with Gasteiger partial charge in [-0.2, -0.15) is 4.98 Å². The number of para-hydroxylation sites is 1. The summed E-state index contributed by atoms with van der Waals surface area (Å²) in [5, 5.41) is 23.2. The molecular weight excluding hydrogens is 378 g/mol. The number of fused-ring (bicyclic) bond motifs is 3. The molecule has 0 saturated carbocycles. The summed E-state index contributed by atoms with van der Waals surface area (Å²) in [7, 11) is 0. The van der Waals surface area contributed by atoms with E-state index in [2.05, 4.69) is 27.1 Å². The molecule has 4 rings (SSSR count). The van der Waals surface area contributed by atoms with Gasteiger partial charge in [0.05, 0.1) is 4.92 Å². The van der Waals surface area contributed by atoms with Crippen LogP contribution in [0, 0.1) is 10.1 Å². The highest BCUT2D eigenvalue weighted by atomic mass is 32.2. The Morgan fingerprint density at radius 1 is 1.21 bits per heavy atom. The maximum Gasteiger partial charge on any atom is 0.269 e. The largest absolute Gasteiger partial charge is 0.448 e. The lowest BCUT2D eigenvalue weighted by Gasteiger charge is -2.19. The van der Waals surface area contributed by atoms with E-state index in [4.69, 9.17) is 4.74 Å². The van der Waals surface area contributed by atoms with Crippen LogP contribution in [0.15, 0.2) is 66.3 Å². The molecule has 28 heavy (non-hydrogen) atoms. The molecule has 0 fully saturated rings. The molecule has 1 N–H and O–H groups in total. The van der Waals surface area contributed by atoms with Crippen molar-refractivity contribution in [1.82, 2.24) is 15.2 Å². The third-order valence-electron chi connectivity index (χ3n) is 4.07.